The number of anilines is 1. The summed E-state index contributed by atoms with van der Waals surface area (Å²) in [6.45, 7) is 14.0. The van der Waals surface area contributed by atoms with Crippen LogP contribution in [0.3, 0.4) is 0 Å². The first-order valence-electron chi connectivity index (χ1n) is 12.6. The summed E-state index contributed by atoms with van der Waals surface area (Å²) in [5.74, 6) is 1.68. The molecule has 8 nitrogen and oxygen atoms in total. The standard InChI is InChI=1S/C30H34N4O4/c1-19(2)38-18-27-32-20(3)28(30(35)34(27)29-25(36-5)8-7-9-26(29)37-6)21(4)33-15-14-24(17-33)23-12-10-22(16-31)11-13-23/h7-13,19,24,35H,3-4,14-15,17-18H2,1-2,5-6H3. The average Bonchev–Trinajstić information content (AvgIpc) is 3.42. The maximum Gasteiger partial charge on any atom is 0.209 e. The van der Waals surface area contributed by atoms with Crippen molar-refractivity contribution in [3.05, 3.63) is 89.6 Å². The number of benzene rings is 2. The fourth-order valence-corrected chi connectivity index (χ4v) is 4.81. The van der Waals surface area contributed by atoms with Crippen LogP contribution in [0, 0.1) is 11.3 Å². The molecular formula is C30H34N4O4. The lowest BCUT2D eigenvalue weighted by Gasteiger charge is -2.34. The number of aliphatic hydroxyl groups is 1. The van der Waals surface area contributed by atoms with Crippen LogP contribution in [0.1, 0.15) is 37.3 Å². The van der Waals surface area contributed by atoms with Gasteiger partial charge in [0.2, 0.25) is 5.88 Å². The number of hydrogen-bond donors (Lipinski definition) is 1. The van der Waals surface area contributed by atoms with Crippen LogP contribution in [0.2, 0.25) is 0 Å². The van der Waals surface area contributed by atoms with Crippen molar-refractivity contribution in [1.29, 1.82) is 5.26 Å². The maximum absolute atomic E-state index is 11.8. The molecule has 2 aromatic rings. The second-order valence-electron chi connectivity index (χ2n) is 9.49. The van der Waals surface area contributed by atoms with E-state index in [1.165, 1.54) is 5.56 Å². The second-order valence-corrected chi connectivity index (χ2v) is 9.49. The fraction of sp³-hybridized carbons (Fsp3) is 0.333. The molecule has 0 radical (unpaired) electrons. The van der Waals surface area contributed by atoms with Gasteiger partial charge >= 0.3 is 0 Å². The molecule has 38 heavy (non-hydrogen) atoms. The van der Waals surface area contributed by atoms with Gasteiger partial charge in [0.25, 0.3) is 0 Å². The van der Waals surface area contributed by atoms with Crippen molar-refractivity contribution in [2.45, 2.75) is 32.3 Å². The zero-order chi connectivity index (χ0) is 27.4. The summed E-state index contributed by atoms with van der Waals surface area (Å²) in [6, 6.07) is 15.3. The highest BCUT2D eigenvalue weighted by Crippen LogP contribution is 2.43. The summed E-state index contributed by atoms with van der Waals surface area (Å²) >= 11 is 0. The Balaban J connectivity index is 1.70. The molecule has 0 bridgehead atoms. The summed E-state index contributed by atoms with van der Waals surface area (Å²) in [6.07, 6.45) is 0.880. The van der Waals surface area contributed by atoms with Crippen molar-refractivity contribution in [2.75, 3.05) is 38.8 Å². The van der Waals surface area contributed by atoms with Gasteiger partial charge in [-0.15, -0.1) is 0 Å². The van der Waals surface area contributed by atoms with E-state index in [-0.39, 0.29) is 24.5 Å². The minimum atomic E-state index is -0.0676. The van der Waals surface area contributed by atoms with Crippen LogP contribution in [-0.4, -0.2) is 55.9 Å². The Morgan fingerprint density at radius 1 is 1.16 bits per heavy atom. The first-order chi connectivity index (χ1) is 18.3. The van der Waals surface area contributed by atoms with Gasteiger partial charge in [-0.05, 0) is 50.1 Å². The number of rotatable bonds is 9. The zero-order valence-electron chi connectivity index (χ0n) is 22.4. The molecule has 0 aromatic heterocycles. The van der Waals surface area contributed by atoms with Gasteiger partial charge in [0.15, 0.2) is 0 Å². The van der Waals surface area contributed by atoms with Crippen LogP contribution in [0.15, 0.2) is 83.5 Å². The first-order valence-corrected chi connectivity index (χ1v) is 12.6. The first kappa shape index (κ1) is 26.8. The number of methoxy groups -OCH3 is 2. The second kappa shape index (κ2) is 11.4. The molecule has 1 saturated heterocycles. The lowest BCUT2D eigenvalue weighted by Crippen LogP contribution is -2.39. The fourth-order valence-electron chi connectivity index (χ4n) is 4.81. The van der Waals surface area contributed by atoms with Gasteiger partial charge in [0.05, 0.1) is 43.2 Å². The molecule has 4 rings (SSSR count). The lowest BCUT2D eigenvalue weighted by atomic mass is 9.97. The number of likely N-dealkylation sites (tertiary alicyclic amines) is 1. The van der Waals surface area contributed by atoms with Crippen LogP contribution < -0.4 is 14.4 Å². The molecule has 2 aliphatic heterocycles. The van der Waals surface area contributed by atoms with Crippen LogP contribution in [0.5, 0.6) is 11.5 Å². The van der Waals surface area contributed by atoms with E-state index in [1.54, 1.807) is 31.3 Å². The van der Waals surface area contributed by atoms with Gasteiger partial charge in [-0.25, -0.2) is 4.99 Å². The molecule has 0 spiro atoms. The number of nitriles is 1. The number of ether oxygens (including phenoxy) is 3. The van der Waals surface area contributed by atoms with Crippen molar-refractivity contribution in [2.24, 2.45) is 4.99 Å². The van der Waals surface area contributed by atoms with E-state index in [4.69, 9.17) is 24.5 Å². The van der Waals surface area contributed by atoms with E-state index >= 15 is 0 Å². The van der Waals surface area contributed by atoms with Crippen LogP contribution in [0.4, 0.5) is 5.69 Å². The van der Waals surface area contributed by atoms with Crippen molar-refractivity contribution < 1.29 is 19.3 Å². The number of para-hydroxylation sites is 1. The lowest BCUT2D eigenvalue weighted by molar-refractivity contribution is 0.109. The summed E-state index contributed by atoms with van der Waals surface area (Å²) in [4.78, 5) is 8.50. The highest BCUT2D eigenvalue weighted by molar-refractivity contribution is 6.05. The van der Waals surface area contributed by atoms with Gasteiger partial charge < -0.3 is 24.2 Å². The Hall–Kier alpha value is -4.22. The van der Waals surface area contributed by atoms with Gasteiger partial charge in [0, 0.05) is 24.7 Å². The van der Waals surface area contributed by atoms with Gasteiger partial charge in [0.1, 0.15) is 29.6 Å². The van der Waals surface area contributed by atoms with Crippen molar-refractivity contribution >= 4 is 11.5 Å². The molecule has 198 valence electrons. The topological polar surface area (TPSA) is 90.6 Å². The Morgan fingerprint density at radius 2 is 1.82 bits per heavy atom. The molecule has 1 N–H and O–H groups in total. The monoisotopic (exact) mass is 514 g/mol. The summed E-state index contributed by atoms with van der Waals surface area (Å²) in [7, 11) is 3.13. The summed E-state index contributed by atoms with van der Waals surface area (Å²) in [5.41, 5.74) is 3.81. The van der Waals surface area contributed by atoms with Crippen molar-refractivity contribution in [1.82, 2.24) is 4.90 Å². The maximum atomic E-state index is 11.8. The highest BCUT2D eigenvalue weighted by Gasteiger charge is 2.35. The quantitative estimate of drug-likeness (QED) is 0.472. The Bertz CT molecular complexity index is 1300. The largest absolute Gasteiger partial charge is 0.494 e. The summed E-state index contributed by atoms with van der Waals surface area (Å²) in [5, 5.41) is 20.9. The van der Waals surface area contributed by atoms with E-state index in [0.29, 0.717) is 45.6 Å². The number of aliphatic hydroxyl groups excluding tert-OH is 1. The van der Waals surface area contributed by atoms with Crippen molar-refractivity contribution in [3.8, 4) is 17.6 Å². The Morgan fingerprint density at radius 3 is 2.39 bits per heavy atom. The normalized spacial score (nSPS) is 17.5. The molecule has 2 aromatic carbocycles. The van der Waals surface area contributed by atoms with Gasteiger partial charge in [-0.3, -0.25) is 4.90 Å². The molecule has 0 saturated carbocycles. The minimum absolute atomic E-state index is 0.0429. The molecule has 1 unspecified atom stereocenters. The number of hydrogen-bond acceptors (Lipinski definition) is 8. The third kappa shape index (κ3) is 5.24. The predicted octanol–water partition coefficient (Wildman–Crippen LogP) is 5.51. The van der Waals surface area contributed by atoms with E-state index in [9.17, 15) is 5.11 Å². The highest BCUT2D eigenvalue weighted by atomic mass is 16.5. The van der Waals surface area contributed by atoms with E-state index < -0.39 is 0 Å². The Labute approximate surface area is 224 Å². The summed E-state index contributed by atoms with van der Waals surface area (Å²) < 4.78 is 17.1. The molecule has 0 aliphatic carbocycles. The minimum Gasteiger partial charge on any atom is -0.494 e. The van der Waals surface area contributed by atoms with Crippen LogP contribution >= 0.6 is 0 Å². The van der Waals surface area contributed by atoms with Crippen LogP contribution in [-0.2, 0) is 4.74 Å². The molecule has 2 heterocycles. The third-order valence-electron chi connectivity index (χ3n) is 6.79. The third-order valence-corrected chi connectivity index (χ3v) is 6.79. The van der Waals surface area contributed by atoms with Crippen molar-refractivity contribution in [3.63, 3.8) is 0 Å². The predicted molar refractivity (Wildman–Crippen MR) is 149 cm³/mol. The zero-order valence-corrected chi connectivity index (χ0v) is 22.4. The molecule has 1 fully saturated rings. The number of nitrogens with zero attached hydrogens (tertiary/aromatic N) is 4. The van der Waals surface area contributed by atoms with Gasteiger partial charge in [-0.1, -0.05) is 31.4 Å². The van der Waals surface area contributed by atoms with Gasteiger partial charge in [-0.2, -0.15) is 5.26 Å². The molecule has 0 amide bonds. The van der Waals surface area contributed by atoms with E-state index in [2.05, 4.69) is 24.1 Å². The number of amidine groups is 1. The molecular weight excluding hydrogens is 480 g/mol. The van der Waals surface area contributed by atoms with E-state index in [0.717, 1.165) is 19.5 Å². The molecule has 8 heteroatoms. The SMILES string of the molecule is C=C1N=C(COC(C)C)N(c2c(OC)cccc2OC)C(O)=C1C(=C)N1CCC(c2ccc(C#N)cc2)C1. The molecule has 1 atom stereocenters. The number of aliphatic imine (C=N–C) groups is 1. The smallest absolute Gasteiger partial charge is 0.209 e. The van der Waals surface area contributed by atoms with Crippen LogP contribution in [0.25, 0.3) is 0 Å². The molecule has 2 aliphatic rings. The Kier molecular flexibility index (Phi) is 8.08. The average molecular weight is 515 g/mol. The van der Waals surface area contributed by atoms with E-state index in [1.807, 2.05) is 44.2 Å².